The van der Waals surface area contributed by atoms with Gasteiger partial charge in [-0.25, -0.2) is 4.39 Å². The fraction of sp³-hybridized carbons (Fsp3) is 0.294. The molecular weight excluding hydrogens is 253 g/mol. The minimum absolute atomic E-state index is 0.188. The van der Waals surface area contributed by atoms with Crippen LogP contribution in [0.4, 0.5) is 10.1 Å². The van der Waals surface area contributed by atoms with Gasteiger partial charge in [0.1, 0.15) is 11.6 Å². The van der Waals surface area contributed by atoms with Crippen molar-refractivity contribution in [1.82, 2.24) is 0 Å². The quantitative estimate of drug-likeness (QED) is 0.890. The topological polar surface area (TPSA) is 23.5 Å². The molecule has 2 rings (SSSR count). The molecule has 0 heterocycles. The largest absolute Gasteiger partial charge is 0.508 e. The number of hydrogen-bond acceptors (Lipinski definition) is 2. The van der Waals surface area contributed by atoms with Crippen molar-refractivity contribution < 1.29 is 9.50 Å². The number of phenolic OH excluding ortho intramolecular Hbond substituents is 1. The van der Waals surface area contributed by atoms with Crippen LogP contribution in [0, 0.1) is 5.82 Å². The molecule has 2 aromatic rings. The van der Waals surface area contributed by atoms with Crippen LogP contribution >= 0.6 is 0 Å². The normalized spacial score (nSPS) is 12.2. The molecule has 20 heavy (non-hydrogen) atoms. The number of aromatic hydroxyl groups is 1. The Morgan fingerprint density at radius 1 is 1.10 bits per heavy atom. The van der Waals surface area contributed by atoms with Crippen LogP contribution in [-0.4, -0.2) is 18.2 Å². The molecule has 3 heteroatoms. The molecule has 0 radical (unpaired) electrons. The van der Waals surface area contributed by atoms with Crippen LogP contribution in [0.25, 0.3) is 0 Å². The maximum absolute atomic E-state index is 13.7. The molecule has 0 spiro atoms. The van der Waals surface area contributed by atoms with E-state index in [2.05, 4.69) is 6.92 Å². The Morgan fingerprint density at radius 2 is 1.75 bits per heavy atom. The second kappa shape index (κ2) is 6.42. The molecule has 0 fully saturated rings. The molecule has 2 nitrogen and oxygen atoms in total. The maximum Gasteiger partial charge on any atom is 0.146 e. The Bertz CT molecular complexity index is 553. The van der Waals surface area contributed by atoms with E-state index in [4.69, 9.17) is 0 Å². The van der Waals surface area contributed by atoms with Crippen molar-refractivity contribution in [1.29, 1.82) is 0 Å². The number of benzene rings is 2. The van der Waals surface area contributed by atoms with E-state index < -0.39 is 0 Å². The molecular formula is C17H20FNO. The SMILES string of the molecule is CC(CCc1ccc(O)cc1)N(C)c1ccccc1F. The highest BCUT2D eigenvalue weighted by atomic mass is 19.1. The fourth-order valence-electron chi connectivity index (χ4n) is 2.21. The molecule has 0 aliphatic carbocycles. The number of rotatable bonds is 5. The van der Waals surface area contributed by atoms with Crippen LogP contribution in [0.15, 0.2) is 48.5 Å². The van der Waals surface area contributed by atoms with Crippen LogP contribution in [0.1, 0.15) is 18.9 Å². The second-order valence-corrected chi connectivity index (χ2v) is 5.12. The minimum atomic E-state index is -0.188. The van der Waals surface area contributed by atoms with Gasteiger partial charge in [0, 0.05) is 13.1 Å². The van der Waals surface area contributed by atoms with Gasteiger partial charge < -0.3 is 10.0 Å². The monoisotopic (exact) mass is 273 g/mol. The van der Waals surface area contributed by atoms with Crippen LogP contribution in [0.5, 0.6) is 5.75 Å². The number of hydrogen-bond donors (Lipinski definition) is 1. The Kier molecular flexibility index (Phi) is 4.61. The lowest BCUT2D eigenvalue weighted by Gasteiger charge is -2.27. The molecule has 0 amide bonds. The van der Waals surface area contributed by atoms with Crippen molar-refractivity contribution in [2.24, 2.45) is 0 Å². The van der Waals surface area contributed by atoms with E-state index in [1.54, 1.807) is 24.3 Å². The minimum Gasteiger partial charge on any atom is -0.508 e. The number of nitrogens with zero attached hydrogens (tertiary/aromatic N) is 1. The Labute approximate surface area is 119 Å². The third kappa shape index (κ3) is 3.50. The van der Waals surface area contributed by atoms with Crippen molar-refractivity contribution in [2.45, 2.75) is 25.8 Å². The van der Waals surface area contributed by atoms with Crippen LogP contribution in [0.3, 0.4) is 0 Å². The second-order valence-electron chi connectivity index (χ2n) is 5.12. The molecule has 1 N–H and O–H groups in total. The summed E-state index contributed by atoms with van der Waals surface area (Å²) in [6.07, 6.45) is 1.83. The molecule has 0 aliphatic heterocycles. The summed E-state index contributed by atoms with van der Waals surface area (Å²) in [4.78, 5) is 1.97. The van der Waals surface area contributed by atoms with Gasteiger partial charge in [0.2, 0.25) is 0 Å². The summed E-state index contributed by atoms with van der Waals surface area (Å²) in [7, 11) is 1.92. The molecule has 0 aliphatic rings. The molecule has 1 atom stereocenters. The summed E-state index contributed by atoms with van der Waals surface area (Å²) < 4.78 is 13.7. The number of halogens is 1. The first-order valence-electron chi connectivity index (χ1n) is 6.83. The summed E-state index contributed by atoms with van der Waals surface area (Å²) in [5.41, 5.74) is 1.81. The highest BCUT2D eigenvalue weighted by Gasteiger charge is 2.13. The summed E-state index contributed by atoms with van der Waals surface area (Å²) in [6.45, 7) is 2.09. The predicted molar refractivity (Wildman–Crippen MR) is 80.7 cm³/mol. The van der Waals surface area contributed by atoms with Gasteiger partial charge in [0.25, 0.3) is 0 Å². The van der Waals surface area contributed by atoms with E-state index in [9.17, 15) is 9.50 Å². The van der Waals surface area contributed by atoms with Gasteiger partial charge >= 0.3 is 0 Å². The Morgan fingerprint density at radius 3 is 2.40 bits per heavy atom. The van der Waals surface area contributed by atoms with E-state index in [0.29, 0.717) is 5.69 Å². The van der Waals surface area contributed by atoms with Gasteiger partial charge in [-0.3, -0.25) is 0 Å². The fourth-order valence-corrected chi connectivity index (χ4v) is 2.21. The lowest BCUT2D eigenvalue weighted by atomic mass is 10.0. The molecule has 0 saturated carbocycles. The number of anilines is 1. The summed E-state index contributed by atoms with van der Waals surface area (Å²) in [5, 5.41) is 9.25. The summed E-state index contributed by atoms with van der Waals surface area (Å²) in [6, 6.07) is 14.3. The third-order valence-corrected chi connectivity index (χ3v) is 3.68. The van der Waals surface area contributed by atoms with Crippen molar-refractivity contribution in [3.63, 3.8) is 0 Å². The lowest BCUT2D eigenvalue weighted by Crippen LogP contribution is -2.29. The van der Waals surface area contributed by atoms with Crippen LogP contribution in [-0.2, 0) is 6.42 Å². The number of para-hydroxylation sites is 1. The summed E-state index contributed by atoms with van der Waals surface area (Å²) >= 11 is 0. The zero-order valence-electron chi connectivity index (χ0n) is 11.9. The zero-order chi connectivity index (χ0) is 14.5. The van der Waals surface area contributed by atoms with E-state index in [0.717, 1.165) is 12.8 Å². The van der Waals surface area contributed by atoms with Gasteiger partial charge in [-0.05, 0) is 49.6 Å². The van der Waals surface area contributed by atoms with E-state index in [-0.39, 0.29) is 17.6 Å². The number of phenols is 1. The van der Waals surface area contributed by atoms with E-state index in [1.807, 2.05) is 30.1 Å². The van der Waals surface area contributed by atoms with Gasteiger partial charge in [-0.2, -0.15) is 0 Å². The molecule has 0 saturated heterocycles. The lowest BCUT2D eigenvalue weighted by molar-refractivity contribution is 0.475. The van der Waals surface area contributed by atoms with Crippen molar-refractivity contribution >= 4 is 5.69 Å². The van der Waals surface area contributed by atoms with Crippen LogP contribution < -0.4 is 4.90 Å². The standard InChI is InChI=1S/C17H20FNO/c1-13(7-8-14-9-11-15(20)12-10-14)19(2)17-6-4-3-5-16(17)18/h3-6,9-13,20H,7-8H2,1-2H3. The average Bonchev–Trinajstić information content (AvgIpc) is 2.46. The smallest absolute Gasteiger partial charge is 0.146 e. The molecule has 0 aromatic heterocycles. The first kappa shape index (κ1) is 14.4. The van der Waals surface area contributed by atoms with Gasteiger partial charge in [0.15, 0.2) is 0 Å². The molecule has 0 bridgehead atoms. The maximum atomic E-state index is 13.7. The molecule has 1 unspecified atom stereocenters. The van der Waals surface area contributed by atoms with Gasteiger partial charge in [-0.15, -0.1) is 0 Å². The van der Waals surface area contributed by atoms with Gasteiger partial charge in [0.05, 0.1) is 5.69 Å². The first-order valence-corrected chi connectivity index (χ1v) is 6.83. The van der Waals surface area contributed by atoms with Crippen molar-refractivity contribution in [2.75, 3.05) is 11.9 Å². The van der Waals surface area contributed by atoms with Crippen molar-refractivity contribution in [3.05, 3.63) is 59.9 Å². The predicted octanol–water partition coefficient (Wildman–Crippen LogP) is 3.99. The zero-order valence-corrected chi connectivity index (χ0v) is 11.9. The first-order chi connectivity index (χ1) is 9.58. The van der Waals surface area contributed by atoms with E-state index >= 15 is 0 Å². The average molecular weight is 273 g/mol. The molecule has 106 valence electrons. The Hall–Kier alpha value is -2.03. The Balaban J connectivity index is 1.96. The van der Waals surface area contributed by atoms with Crippen molar-refractivity contribution in [3.8, 4) is 5.75 Å². The van der Waals surface area contributed by atoms with Gasteiger partial charge in [-0.1, -0.05) is 24.3 Å². The number of aryl methyl sites for hydroxylation is 1. The van der Waals surface area contributed by atoms with E-state index in [1.165, 1.54) is 11.6 Å². The third-order valence-electron chi connectivity index (χ3n) is 3.68. The highest BCUT2D eigenvalue weighted by molar-refractivity contribution is 5.47. The highest BCUT2D eigenvalue weighted by Crippen LogP contribution is 2.21. The molecule has 2 aromatic carbocycles. The summed E-state index contributed by atoms with van der Waals surface area (Å²) in [5.74, 6) is 0.0942. The van der Waals surface area contributed by atoms with Crippen LogP contribution in [0.2, 0.25) is 0 Å².